The van der Waals surface area contributed by atoms with Crippen molar-refractivity contribution in [2.75, 3.05) is 20.0 Å². The highest BCUT2D eigenvalue weighted by Gasteiger charge is 2.18. The van der Waals surface area contributed by atoms with Gasteiger partial charge >= 0.3 is 0 Å². The minimum absolute atomic E-state index is 0.180. The molecule has 8 nitrogen and oxygen atoms in total. The standard InChI is InChI=1S/C15H17BrN6O2/c1-7-10(19-14(24-4)8(2)11(7)23-3)6-22-13-9(5-18-22)12(16)20-15(17)21-13/h5H,6H2,1-4H3,(H2,17,20,21). The lowest BCUT2D eigenvalue weighted by Gasteiger charge is -2.15. The van der Waals surface area contributed by atoms with Crippen molar-refractivity contribution in [1.82, 2.24) is 24.7 Å². The van der Waals surface area contributed by atoms with Gasteiger partial charge in [0.2, 0.25) is 11.8 Å². The number of pyridine rings is 1. The van der Waals surface area contributed by atoms with Crippen LogP contribution in [0.5, 0.6) is 11.6 Å². The summed E-state index contributed by atoms with van der Waals surface area (Å²) >= 11 is 3.38. The minimum atomic E-state index is 0.180. The van der Waals surface area contributed by atoms with Gasteiger partial charge < -0.3 is 15.2 Å². The van der Waals surface area contributed by atoms with Crippen LogP contribution in [0, 0.1) is 13.8 Å². The van der Waals surface area contributed by atoms with E-state index in [1.54, 1.807) is 25.1 Å². The summed E-state index contributed by atoms with van der Waals surface area (Å²) in [6.45, 7) is 4.28. The first-order valence-corrected chi connectivity index (χ1v) is 7.98. The van der Waals surface area contributed by atoms with E-state index in [-0.39, 0.29) is 5.95 Å². The molecule has 0 saturated carbocycles. The van der Waals surface area contributed by atoms with E-state index in [1.807, 2.05) is 13.8 Å². The summed E-state index contributed by atoms with van der Waals surface area (Å²) in [6, 6.07) is 0. The molecule has 0 saturated heterocycles. The van der Waals surface area contributed by atoms with Crippen molar-refractivity contribution in [2.24, 2.45) is 0 Å². The van der Waals surface area contributed by atoms with E-state index in [1.165, 1.54) is 0 Å². The van der Waals surface area contributed by atoms with Crippen LogP contribution >= 0.6 is 15.9 Å². The first-order valence-electron chi connectivity index (χ1n) is 7.18. The highest BCUT2D eigenvalue weighted by atomic mass is 79.9. The molecule has 0 fully saturated rings. The number of nitrogens with two attached hydrogens (primary N) is 1. The molecule has 0 aliphatic rings. The van der Waals surface area contributed by atoms with E-state index < -0.39 is 0 Å². The van der Waals surface area contributed by atoms with E-state index in [2.05, 4.69) is 36.0 Å². The Hall–Kier alpha value is -2.42. The van der Waals surface area contributed by atoms with Crippen LogP contribution in [0.1, 0.15) is 16.8 Å². The number of nitrogen functional groups attached to an aromatic ring is 1. The van der Waals surface area contributed by atoms with Crippen LogP contribution in [0.25, 0.3) is 11.0 Å². The maximum absolute atomic E-state index is 5.74. The van der Waals surface area contributed by atoms with Gasteiger partial charge in [0, 0.05) is 5.56 Å². The first kappa shape index (κ1) is 16.4. The minimum Gasteiger partial charge on any atom is -0.496 e. The third-order valence-electron chi connectivity index (χ3n) is 3.84. The van der Waals surface area contributed by atoms with Crippen LogP contribution in [0.4, 0.5) is 5.95 Å². The average molecular weight is 393 g/mol. The summed E-state index contributed by atoms with van der Waals surface area (Å²) in [5, 5.41) is 5.16. The van der Waals surface area contributed by atoms with E-state index in [0.717, 1.165) is 28.0 Å². The van der Waals surface area contributed by atoms with Crippen LogP contribution < -0.4 is 15.2 Å². The Morgan fingerprint density at radius 1 is 1.12 bits per heavy atom. The lowest BCUT2D eigenvalue weighted by molar-refractivity contribution is 0.372. The molecule has 0 radical (unpaired) electrons. The molecule has 0 aromatic carbocycles. The molecule has 0 unspecified atom stereocenters. The first-order chi connectivity index (χ1) is 11.5. The summed E-state index contributed by atoms with van der Waals surface area (Å²) in [5.41, 5.74) is 8.95. The second kappa shape index (κ2) is 6.23. The fraction of sp³-hybridized carbons (Fsp3) is 0.333. The van der Waals surface area contributed by atoms with Gasteiger partial charge in [-0.05, 0) is 29.8 Å². The van der Waals surface area contributed by atoms with Crippen molar-refractivity contribution in [1.29, 1.82) is 0 Å². The fourth-order valence-corrected chi connectivity index (χ4v) is 3.11. The number of hydrogen-bond donors (Lipinski definition) is 1. The highest BCUT2D eigenvalue weighted by molar-refractivity contribution is 9.10. The molecule has 3 aromatic rings. The van der Waals surface area contributed by atoms with Gasteiger partial charge in [-0.1, -0.05) is 0 Å². The molecule has 126 valence electrons. The molecular weight excluding hydrogens is 376 g/mol. The van der Waals surface area contributed by atoms with Gasteiger partial charge in [0.15, 0.2) is 5.65 Å². The van der Waals surface area contributed by atoms with Crippen molar-refractivity contribution in [3.63, 3.8) is 0 Å². The monoisotopic (exact) mass is 392 g/mol. The fourth-order valence-electron chi connectivity index (χ4n) is 2.65. The zero-order valence-corrected chi connectivity index (χ0v) is 15.4. The van der Waals surface area contributed by atoms with E-state index in [0.29, 0.717) is 22.7 Å². The van der Waals surface area contributed by atoms with Crippen LogP contribution in [-0.4, -0.2) is 39.0 Å². The van der Waals surface area contributed by atoms with Gasteiger partial charge in [0.25, 0.3) is 0 Å². The van der Waals surface area contributed by atoms with Gasteiger partial charge in [-0.15, -0.1) is 0 Å². The van der Waals surface area contributed by atoms with E-state index in [4.69, 9.17) is 15.2 Å². The summed E-state index contributed by atoms with van der Waals surface area (Å²) in [5.74, 6) is 1.46. The number of aromatic nitrogens is 5. The van der Waals surface area contributed by atoms with Crippen molar-refractivity contribution in [3.8, 4) is 11.6 Å². The Morgan fingerprint density at radius 2 is 1.88 bits per heavy atom. The Morgan fingerprint density at radius 3 is 2.54 bits per heavy atom. The Balaban J connectivity index is 2.12. The lowest BCUT2D eigenvalue weighted by Crippen LogP contribution is -2.10. The molecule has 0 spiro atoms. The zero-order valence-electron chi connectivity index (χ0n) is 13.8. The topological polar surface area (TPSA) is 101 Å². The van der Waals surface area contributed by atoms with Crippen LogP contribution in [0.15, 0.2) is 10.8 Å². The SMILES string of the molecule is COc1nc(Cn2ncc3c(Br)nc(N)nc32)c(C)c(OC)c1C. The van der Waals surface area contributed by atoms with Crippen molar-refractivity contribution >= 4 is 32.9 Å². The molecule has 0 bridgehead atoms. The second-order valence-corrected chi connectivity index (χ2v) is 6.01. The maximum atomic E-state index is 5.74. The highest BCUT2D eigenvalue weighted by Crippen LogP contribution is 2.32. The molecule has 3 aromatic heterocycles. The van der Waals surface area contributed by atoms with Gasteiger partial charge in [-0.3, -0.25) is 0 Å². The summed E-state index contributed by atoms with van der Waals surface area (Å²) in [4.78, 5) is 12.9. The van der Waals surface area contributed by atoms with E-state index in [9.17, 15) is 0 Å². The average Bonchev–Trinajstić information content (AvgIpc) is 2.93. The Labute approximate surface area is 147 Å². The molecule has 3 heterocycles. The molecule has 3 rings (SSSR count). The number of halogens is 1. The van der Waals surface area contributed by atoms with E-state index >= 15 is 0 Å². The van der Waals surface area contributed by atoms with Crippen LogP contribution in [0.2, 0.25) is 0 Å². The summed E-state index contributed by atoms with van der Waals surface area (Å²) in [6.07, 6.45) is 1.69. The largest absolute Gasteiger partial charge is 0.496 e. The molecule has 0 aliphatic carbocycles. The maximum Gasteiger partial charge on any atom is 0.223 e. The number of fused-ring (bicyclic) bond motifs is 1. The normalized spacial score (nSPS) is 11.0. The Kier molecular flexibility index (Phi) is 4.27. The zero-order chi connectivity index (χ0) is 17.4. The molecule has 24 heavy (non-hydrogen) atoms. The number of ether oxygens (including phenoxy) is 2. The number of nitrogens with zero attached hydrogens (tertiary/aromatic N) is 5. The number of anilines is 1. The van der Waals surface area contributed by atoms with Gasteiger partial charge in [0.1, 0.15) is 10.4 Å². The Bertz CT molecular complexity index is 924. The molecule has 0 amide bonds. The van der Waals surface area contributed by atoms with Crippen molar-refractivity contribution in [3.05, 3.63) is 27.6 Å². The quantitative estimate of drug-likeness (QED) is 0.679. The summed E-state index contributed by atoms with van der Waals surface area (Å²) in [7, 11) is 3.22. The smallest absolute Gasteiger partial charge is 0.223 e. The third kappa shape index (κ3) is 2.64. The number of methoxy groups -OCH3 is 2. The number of hydrogen-bond acceptors (Lipinski definition) is 7. The third-order valence-corrected chi connectivity index (χ3v) is 4.44. The molecule has 9 heteroatoms. The van der Waals surface area contributed by atoms with Crippen molar-refractivity contribution in [2.45, 2.75) is 20.4 Å². The lowest BCUT2D eigenvalue weighted by atomic mass is 10.1. The molecule has 0 atom stereocenters. The van der Waals surface area contributed by atoms with Gasteiger partial charge in [-0.2, -0.15) is 10.1 Å². The van der Waals surface area contributed by atoms with Gasteiger partial charge in [0.05, 0.1) is 43.6 Å². The molecular formula is C15H17BrN6O2. The van der Waals surface area contributed by atoms with Crippen molar-refractivity contribution < 1.29 is 9.47 Å². The predicted molar refractivity (Wildman–Crippen MR) is 93.4 cm³/mol. The summed E-state index contributed by atoms with van der Waals surface area (Å²) < 4.78 is 13.2. The molecule has 2 N–H and O–H groups in total. The second-order valence-electron chi connectivity index (χ2n) is 5.26. The predicted octanol–water partition coefficient (Wildman–Crippen LogP) is 2.25. The van der Waals surface area contributed by atoms with Gasteiger partial charge in [-0.25, -0.2) is 14.6 Å². The number of rotatable bonds is 4. The van der Waals surface area contributed by atoms with Crippen LogP contribution in [0.3, 0.4) is 0 Å². The molecule has 0 aliphatic heterocycles. The van der Waals surface area contributed by atoms with Crippen LogP contribution in [-0.2, 0) is 6.54 Å².